The quantitative estimate of drug-likeness (QED) is 0.364. The number of anilines is 2. The average molecular weight is 454 g/mol. The summed E-state index contributed by atoms with van der Waals surface area (Å²) in [6, 6.07) is 11.6. The fourth-order valence-electron chi connectivity index (χ4n) is 3.30. The summed E-state index contributed by atoms with van der Waals surface area (Å²) in [5.41, 5.74) is 1.53. The van der Waals surface area contributed by atoms with Gasteiger partial charge in [-0.25, -0.2) is 14.2 Å². The summed E-state index contributed by atoms with van der Waals surface area (Å²) in [6.07, 6.45) is 0. The Morgan fingerprint density at radius 3 is 2.69 bits per heavy atom. The highest BCUT2D eigenvalue weighted by Crippen LogP contribution is 2.35. The van der Waals surface area contributed by atoms with Crippen LogP contribution in [0, 0.1) is 12.7 Å². The Morgan fingerprint density at radius 2 is 1.97 bits per heavy atom. The van der Waals surface area contributed by atoms with Crippen molar-refractivity contribution >= 4 is 45.0 Å². The van der Waals surface area contributed by atoms with E-state index in [-0.39, 0.29) is 23.9 Å². The molecule has 4 rings (SSSR count). The van der Waals surface area contributed by atoms with Gasteiger partial charge in [-0.3, -0.25) is 9.69 Å². The molecule has 1 amide bonds. The Labute approximate surface area is 187 Å². The van der Waals surface area contributed by atoms with Crippen LogP contribution < -0.4 is 9.64 Å². The molecule has 9 heteroatoms. The molecule has 0 aliphatic carbocycles. The van der Waals surface area contributed by atoms with E-state index in [0.717, 1.165) is 0 Å². The van der Waals surface area contributed by atoms with Crippen LogP contribution in [0.1, 0.15) is 28.7 Å². The van der Waals surface area contributed by atoms with Crippen LogP contribution in [0.3, 0.4) is 0 Å². The first-order valence-electron chi connectivity index (χ1n) is 9.63. The van der Waals surface area contributed by atoms with Crippen molar-refractivity contribution in [2.75, 3.05) is 12.0 Å². The van der Waals surface area contributed by atoms with E-state index >= 15 is 0 Å². The fraction of sp³-hybridized carbons (Fsp3) is 0.174. The van der Waals surface area contributed by atoms with Crippen LogP contribution in [0.4, 0.5) is 15.2 Å². The van der Waals surface area contributed by atoms with E-state index < -0.39 is 11.8 Å². The van der Waals surface area contributed by atoms with Gasteiger partial charge in [0.15, 0.2) is 16.5 Å². The van der Waals surface area contributed by atoms with Gasteiger partial charge in [0.1, 0.15) is 12.4 Å². The topological polar surface area (TPSA) is 81.9 Å². The fourth-order valence-corrected chi connectivity index (χ4v) is 4.16. The highest BCUT2D eigenvalue weighted by molar-refractivity contribution is 7.14. The molecule has 0 saturated heterocycles. The smallest absolute Gasteiger partial charge is 0.374 e. The first-order chi connectivity index (χ1) is 15.4. The van der Waals surface area contributed by atoms with Crippen LogP contribution in [0.5, 0.6) is 5.75 Å². The number of aromatic nitrogens is 1. The summed E-state index contributed by atoms with van der Waals surface area (Å²) < 4.78 is 30.0. The highest BCUT2D eigenvalue weighted by atomic mass is 32.1. The van der Waals surface area contributed by atoms with Gasteiger partial charge >= 0.3 is 5.97 Å². The Morgan fingerprint density at radius 1 is 1.19 bits per heavy atom. The molecule has 0 spiro atoms. The van der Waals surface area contributed by atoms with Gasteiger partial charge in [-0.05, 0) is 25.1 Å². The first kappa shape index (κ1) is 21.5. The summed E-state index contributed by atoms with van der Waals surface area (Å²) in [4.78, 5) is 30.7. The highest BCUT2D eigenvalue weighted by Gasteiger charge is 2.23. The molecule has 0 radical (unpaired) electrons. The zero-order valence-electron chi connectivity index (χ0n) is 17.5. The molecule has 32 heavy (non-hydrogen) atoms. The van der Waals surface area contributed by atoms with Crippen molar-refractivity contribution in [3.8, 4) is 5.75 Å². The van der Waals surface area contributed by atoms with Gasteiger partial charge in [-0.2, -0.15) is 0 Å². The number of furan rings is 1. The molecule has 2 aromatic heterocycles. The second-order valence-electron chi connectivity index (χ2n) is 6.90. The molecule has 2 aromatic carbocycles. The molecule has 4 aromatic rings. The number of amides is 1. The van der Waals surface area contributed by atoms with Gasteiger partial charge in [-0.1, -0.05) is 24.3 Å². The normalized spacial score (nSPS) is 10.9. The number of halogens is 1. The van der Waals surface area contributed by atoms with Crippen LogP contribution in [0.15, 0.2) is 52.3 Å². The predicted octanol–water partition coefficient (Wildman–Crippen LogP) is 5.39. The van der Waals surface area contributed by atoms with E-state index in [9.17, 15) is 14.0 Å². The van der Waals surface area contributed by atoms with Crippen LogP contribution in [0.2, 0.25) is 0 Å². The summed E-state index contributed by atoms with van der Waals surface area (Å²) in [7, 11) is 1.52. The van der Waals surface area contributed by atoms with Crippen molar-refractivity contribution in [2.24, 2.45) is 0 Å². The third kappa shape index (κ3) is 3.94. The molecule has 0 atom stereocenters. The average Bonchev–Trinajstić information content (AvgIpc) is 3.38. The van der Waals surface area contributed by atoms with Gasteiger partial charge in [-0.15, -0.1) is 11.3 Å². The van der Waals surface area contributed by atoms with E-state index in [1.54, 1.807) is 48.7 Å². The van der Waals surface area contributed by atoms with Crippen molar-refractivity contribution < 1.29 is 27.9 Å². The number of methoxy groups -OCH3 is 1. The number of nitrogens with zero attached hydrogens (tertiary/aromatic N) is 2. The minimum Gasteiger partial charge on any atom is -0.495 e. The van der Waals surface area contributed by atoms with Gasteiger partial charge < -0.3 is 13.9 Å². The van der Waals surface area contributed by atoms with Crippen LogP contribution in [-0.4, -0.2) is 24.0 Å². The molecule has 7 nitrogen and oxygen atoms in total. The lowest BCUT2D eigenvalue weighted by Gasteiger charge is -2.20. The minimum atomic E-state index is -0.721. The van der Waals surface area contributed by atoms with E-state index in [4.69, 9.17) is 13.9 Å². The molecule has 0 saturated carbocycles. The molecule has 0 aliphatic rings. The van der Waals surface area contributed by atoms with Gasteiger partial charge in [0.25, 0.3) is 0 Å². The summed E-state index contributed by atoms with van der Waals surface area (Å²) in [5.74, 6) is -1.04. The number of carbonyl (C=O) groups is 2. The number of ether oxygens (including phenoxy) is 2. The maximum atomic E-state index is 13.9. The van der Waals surface area contributed by atoms with E-state index in [0.29, 0.717) is 33.2 Å². The lowest BCUT2D eigenvalue weighted by molar-refractivity contribution is -0.115. The van der Waals surface area contributed by atoms with Crippen LogP contribution in [0.25, 0.3) is 11.0 Å². The molecule has 0 N–H and O–H groups in total. The number of carbonyl (C=O) groups excluding carboxylic acids is 2. The number of aryl methyl sites for hydroxylation is 1. The Balaban J connectivity index is 1.53. The maximum Gasteiger partial charge on any atom is 0.374 e. The van der Waals surface area contributed by atoms with Crippen molar-refractivity contribution in [1.82, 2.24) is 4.98 Å². The second kappa shape index (κ2) is 8.80. The molecule has 0 fully saturated rings. The maximum absolute atomic E-state index is 13.9. The summed E-state index contributed by atoms with van der Waals surface area (Å²) >= 11 is 1.23. The standard InChI is InChI=1S/C23H19FN2O5S/c1-13-16-7-6-8-17(24)21(16)31-20(13)22(28)30-11-15-12-32-23(25-15)26(14(2)27)18-9-4-5-10-19(18)29-3/h4-10,12H,11H2,1-3H3. The van der Waals surface area contributed by atoms with Crippen molar-refractivity contribution in [1.29, 1.82) is 0 Å². The lowest BCUT2D eigenvalue weighted by Crippen LogP contribution is -2.23. The molecular formula is C23H19FN2O5S. The summed E-state index contributed by atoms with van der Waals surface area (Å²) in [5, 5.41) is 2.62. The molecular weight excluding hydrogens is 435 g/mol. The Bertz CT molecular complexity index is 1310. The van der Waals surface area contributed by atoms with Gasteiger partial charge in [0.05, 0.1) is 18.5 Å². The third-order valence-electron chi connectivity index (χ3n) is 4.82. The Hall–Kier alpha value is -3.72. The number of hydrogen-bond acceptors (Lipinski definition) is 7. The van der Waals surface area contributed by atoms with E-state index in [1.165, 1.54) is 36.3 Å². The molecule has 0 aliphatic heterocycles. The number of fused-ring (bicyclic) bond motifs is 1. The zero-order chi connectivity index (χ0) is 22.8. The summed E-state index contributed by atoms with van der Waals surface area (Å²) in [6.45, 7) is 2.96. The Kier molecular flexibility index (Phi) is 5.91. The third-order valence-corrected chi connectivity index (χ3v) is 5.70. The molecule has 0 bridgehead atoms. The van der Waals surface area contributed by atoms with Crippen LogP contribution in [-0.2, 0) is 16.1 Å². The second-order valence-corrected chi connectivity index (χ2v) is 7.73. The number of para-hydroxylation sites is 3. The molecule has 0 unspecified atom stereocenters. The number of rotatable bonds is 6. The lowest BCUT2D eigenvalue weighted by atomic mass is 10.1. The van der Waals surface area contributed by atoms with Crippen molar-refractivity contribution in [2.45, 2.75) is 20.5 Å². The van der Waals surface area contributed by atoms with Crippen LogP contribution >= 0.6 is 11.3 Å². The van der Waals surface area contributed by atoms with Crippen molar-refractivity contribution in [3.05, 3.63) is 70.7 Å². The predicted molar refractivity (Wildman–Crippen MR) is 118 cm³/mol. The van der Waals surface area contributed by atoms with Crippen molar-refractivity contribution in [3.63, 3.8) is 0 Å². The van der Waals surface area contributed by atoms with Gasteiger partial charge in [0, 0.05) is 23.3 Å². The number of hydrogen-bond donors (Lipinski definition) is 0. The monoisotopic (exact) mass is 454 g/mol. The SMILES string of the molecule is COc1ccccc1N(C(C)=O)c1nc(COC(=O)c2oc3c(F)cccc3c2C)cs1. The molecule has 2 heterocycles. The molecule has 164 valence electrons. The van der Waals surface area contributed by atoms with E-state index in [1.807, 2.05) is 0 Å². The largest absolute Gasteiger partial charge is 0.495 e. The van der Waals surface area contributed by atoms with Gasteiger partial charge in [0.2, 0.25) is 11.7 Å². The minimum absolute atomic E-state index is 0.0156. The van der Waals surface area contributed by atoms with E-state index in [2.05, 4.69) is 4.98 Å². The zero-order valence-corrected chi connectivity index (χ0v) is 18.4. The first-order valence-corrected chi connectivity index (χ1v) is 10.5. The number of esters is 1. The number of thiazole rings is 1. The number of benzene rings is 2.